The van der Waals surface area contributed by atoms with Gasteiger partial charge in [0.25, 0.3) is 5.91 Å². The van der Waals surface area contributed by atoms with Crippen molar-refractivity contribution < 1.29 is 14.3 Å². The number of carbonyl (C=O) groups excluding carboxylic acids is 2. The third-order valence-electron chi connectivity index (χ3n) is 2.48. The minimum atomic E-state index is -0.620. The van der Waals surface area contributed by atoms with Crippen LogP contribution in [0.25, 0.3) is 0 Å². The second-order valence-corrected chi connectivity index (χ2v) is 6.16. The number of thiophene rings is 1. The van der Waals surface area contributed by atoms with Gasteiger partial charge in [-0.3, -0.25) is 4.79 Å². The number of nitriles is 1. The summed E-state index contributed by atoms with van der Waals surface area (Å²) < 4.78 is 5.33. The lowest BCUT2D eigenvalue weighted by Gasteiger charge is -2.06. The van der Waals surface area contributed by atoms with Gasteiger partial charge in [-0.15, -0.1) is 11.3 Å². The van der Waals surface area contributed by atoms with Crippen LogP contribution in [0.3, 0.4) is 0 Å². The normalized spacial score (nSPS) is 9.86. The highest BCUT2D eigenvalue weighted by molar-refractivity contribution is 7.17. The predicted molar refractivity (Wildman–Crippen MR) is 84.4 cm³/mol. The summed E-state index contributed by atoms with van der Waals surface area (Å²) in [6.07, 6.45) is 0. The van der Waals surface area contributed by atoms with Gasteiger partial charge in [-0.05, 0) is 30.3 Å². The maximum Gasteiger partial charge on any atom is 0.348 e. The van der Waals surface area contributed by atoms with Gasteiger partial charge >= 0.3 is 5.97 Å². The molecule has 1 aromatic carbocycles. The second kappa shape index (κ2) is 7.27. The van der Waals surface area contributed by atoms with Crippen molar-refractivity contribution in [2.24, 2.45) is 0 Å². The van der Waals surface area contributed by atoms with Crippen LogP contribution < -0.4 is 5.32 Å². The van der Waals surface area contributed by atoms with Crippen molar-refractivity contribution in [1.29, 1.82) is 5.26 Å². The number of rotatable bonds is 4. The number of hydrogen-bond donors (Lipinski definition) is 1. The number of nitrogens with one attached hydrogen (secondary N) is 1. The fraction of sp³-hybridized carbons (Fsp3) is 0.0714. The number of halogens is 2. The van der Waals surface area contributed by atoms with E-state index in [2.05, 4.69) is 5.32 Å². The molecule has 2 rings (SSSR count). The van der Waals surface area contributed by atoms with Gasteiger partial charge in [-0.1, -0.05) is 23.2 Å². The third-order valence-corrected chi connectivity index (χ3v) is 4.01. The molecule has 0 fully saturated rings. The molecular formula is C14H8Cl2N2O3S. The summed E-state index contributed by atoms with van der Waals surface area (Å²) in [5.41, 5.74) is 0.713. The summed E-state index contributed by atoms with van der Waals surface area (Å²) in [6, 6.07) is 9.46. The van der Waals surface area contributed by atoms with Gasteiger partial charge in [0.2, 0.25) is 0 Å². The highest BCUT2D eigenvalue weighted by Crippen LogP contribution is 2.22. The standard InChI is InChI=1S/C14H8Cl2N2O3S/c15-10-5-9(2-1-8(10)6-17)18-13(19)7-21-14(20)11-3-4-12(16)22-11/h1-5H,7H2,(H,18,19). The topological polar surface area (TPSA) is 79.2 Å². The molecule has 0 saturated heterocycles. The van der Waals surface area contributed by atoms with Crippen LogP contribution in [0.4, 0.5) is 5.69 Å². The van der Waals surface area contributed by atoms with Gasteiger partial charge in [0.15, 0.2) is 6.61 Å². The van der Waals surface area contributed by atoms with E-state index in [-0.39, 0.29) is 5.02 Å². The van der Waals surface area contributed by atoms with E-state index in [4.69, 9.17) is 33.2 Å². The third kappa shape index (κ3) is 4.21. The minimum absolute atomic E-state index is 0.227. The molecule has 0 aliphatic rings. The SMILES string of the molecule is N#Cc1ccc(NC(=O)COC(=O)c2ccc(Cl)s2)cc1Cl. The van der Waals surface area contributed by atoms with Crippen molar-refractivity contribution in [2.45, 2.75) is 0 Å². The van der Waals surface area contributed by atoms with E-state index in [1.54, 1.807) is 6.07 Å². The van der Waals surface area contributed by atoms with E-state index < -0.39 is 18.5 Å². The van der Waals surface area contributed by atoms with Crippen LogP contribution in [-0.2, 0) is 9.53 Å². The molecule has 0 bridgehead atoms. The summed E-state index contributed by atoms with van der Waals surface area (Å²) in [4.78, 5) is 23.7. The molecule has 0 spiro atoms. The molecule has 0 unspecified atom stereocenters. The number of hydrogen-bond acceptors (Lipinski definition) is 5. The molecule has 0 aliphatic heterocycles. The molecule has 0 saturated carbocycles. The maximum absolute atomic E-state index is 11.7. The van der Waals surface area contributed by atoms with Crippen LogP contribution >= 0.6 is 34.5 Å². The number of esters is 1. The molecule has 2 aromatic rings. The zero-order chi connectivity index (χ0) is 16.1. The first kappa shape index (κ1) is 16.3. The molecule has 5 nitrogen and oxygen atoms in total. The highest BCUT2D eigenvalue weighted by Gasteiger charge is 2.13. The summed E-state index contributed by atoms with van der Waals surface area (Å²) in [5, 5.41) is 11.5. The summed E-state index contributed by atoms with van der Waals surface area (Å²) in [6.45, 7) is -0.439. The lowest BCUT2D eigenvalue weighted by Crippen LogP contribution is -2.20. The number of amides is 1. The Balaban J connectivity index is 1.89. The average Bonchev–Trinajstić information content (AvgIpc) is 2.91. The molecule has 8 heteroatoms. The molecule has 0 aliphatic carbocycles. The minimum Gasteiger partial charge on any atom is -0.451 e. The van der Waals surface area contributed by atoms with Crippen LogP contribution in [0, 0.1) is 11.3 Å². The van der Waals surface area contributed by atoms with Gasteiger partial charge in [0.1, 0.15) is 10.9 Å². The number of nitrogens with zero attached hydrogens (tertiary/aromatic N) is 1. The first-order valence-corrected chi connectivity index (χ1v) is 7.49. The highest BCUT2D eigenvalue weighted by atomic mass is 35.5. The largest absolute Gasteiger partial charge is 0.451 e. The fourth-order valence-electron chi connectivity index (χ4n) is 1.51. The van der Waals surface area contributed by atoms with Gasteiger partial charge in [-0.25, -0.2) is 4.79 Å². The Morgan fingerprint density at radius 1 is 1.27 bits per heavy atom. The Morgan fingerprint density at radius 3 is 2.64 bits per heavy atom. The Labute approximate surface area is 140 Å². The first-order valence-electron chi connectivity index (χ1n) is 5.91. The van der Waals surface area contributed by atoms with Gasteiger partial charge in [0, 0.05) is 5.69 Å². The lowest BCUT2D eigenvalue weighted by molar-refractivity contribution is -0.119. The van der Waals surface area contributed by atoms with Crippen molar-refractivity contribution in [2.75, 3.05) is 11.9 Å². The average molecular weight is 355 g/mol. The first-order chi connectivity index (χ1) is 10.5. The summed E-state index contributed by atoms with van der Waals surface area (Å²) in [5.74, 6) is -1.14. The van der Waals surface area contributed by atoms with E-state index >= 15 is 0 Å². The maximum atomic E-state index is 11.7. The zero-order valence-electron chi connectivity index (χ0n) is 10.9. The van der Waals surface area contributed by atoms with Crippen molar-refractivity contribution in [3.63, 3.8) is 0 Å². The van der Waals surface area contributed by atoms with E-state index in [1.165, 1.54) is 24.3 Å². The molecule has 112 valence electrons. The van der Waals surface area contributed by atoms with Crippen LogP contribution in [0.1, 0.15) is 15.2 Å². The predicted octanol–water partition coefficient (Wildman–Crippen LogP) is 3.72. The summed E-state index contributed by atoms with van der Waals surface area (Å²) in [7, 11) is 0. The van der Waals surface area contributed by atoms with Gasteiger partial charge in [0.05, 0.1) is 14.9 Å². The Kier molecular flexibility index (Phi) is 5.39. The van der Waals surface area contributed by atoms with Crippen LogP contribution in [0.15, 0.2) is 30.3 Å². The molecule has 1 amide bonds. The van der Waals surface area contributed by atoms with Crippen LogP contribution in [0.2, 0.25) is 9.36 Å². The van der Waals surface area contributed by atoms with Crippen molar-refractivity contribution >= 4 is 52.1 Å². The van der Waals surface area contributed by atoms with E-state index in [1.807, 2.05) is 6.07 Å². The molecular weight excluding hydrogens is 347 g/mol. The second-order valence-electron chi connectivity index (χ2n) is 4.03. The molecule has 1 aromatic heterocycles. The number of ether oxygens (including phenoxy) is 1. The summed E-state index contributed by atoms with van der Waals surface area (Å²) >= 11 is 12.6. The number of carbonyl (C=O) groups is 2. The van der Waals surface area contributed by atoms with Gasteiger partial charge < -0.3 is 10.1 Å². The fourth-order valence-corrected chi connectivity index (χ4v) is 2.67. The van der Waals surface area contributed by atoms with Gasteiger partial charge in [-0.2, -0.15) is 5.26 Å². The van der Waals surface area contributed by atoms with Crippen molar-refractivity contribution in [1.82, 2.24) is 0 Å². The van der Waals surface area contributed by atoms with Crippen LogP contribution in [0.5, 0.6) is 0 Å². The van der Waals surface area contributed by atoms with Crippen LogP contribution in [-0.4, -0.2) is 18.5 Å². The van der Waals surface area contributed by atoms with Crippen molar-refractivity contribution in [3.8, 4) is 6.07 Å². The molecule has 22 heavy (non-hydrogen) atoms. The molecule has 1 N–H and O–H groups in total. The van der Waals surface area contributed by atoms with E-state index in [0.29, 0.717) is 20.5 Å². The lowest BCUT2D eigenvalue weighted by atomic mass is 10.2. The smallest absolute Gasteiger partial charge is 0.348 e. The molecule has 0 atom stereocenters. The Bertz CT molecular complexity index is 768. The monoisotopic (exact) mass is 354 g/mol. The van der Waals surface area contributed by atoms with E-state index in [9.17, 15) is 9.59 Å². The Morgan fingerprint density at radius 2 is 2.05 bits per heavy atom. The zero-order valence-corrected chi connectivity index (χ0v) is 13.3. The Hall–Kier alpha value is -2.07. The van der Waals surface area contributed by atoms with Crippen molar-refractivity contribution in [3.05, 3.63) is 50.1 Å². The number of anilines is 1. The number of benzene rings is 1. The quantitative estimate of drug-likeness (QED) is 0.848. The molecule has 0 radical (unpaired) electrons. The van der Waals surface area contributed by atoms with E-state index in [0.717, 1.165) is 11.3 Å². The molecule has 1 heterocycles.